The molecule has 0 unspecified atom stereocenters. The highest BCUT2D eigenvalue weighted by Gasteiger charge is 2.25. The molecule has 0 spiro atoms. The first kappa shape index (κ1) is 24.5. The van der Waals surface area contributed by atoms with Gasteiger partial charge >= 0.3 is 5.97 Å². The number of nitrogen functional groups attached to an aromatic ring is 1. The number of nitrogens with zero attached hydrogens (tertiary/aromatic N) is 1. The second-order valence-electron chi connectivity index (χ2n) is 7.79. The SMILES string of the molecule is COC(=O)c1c(-c2cc(OC)c(OC)c(OC)c2)c2ccc(OCc3ccccc3)cc2c(=O)n1N. The maximum Gasteiger partial charge on any atom is 0.357 e. The predicted octanol–water partition coefficient (Wildman–Crippen LogP) is 3.77. The van der Waals surface area contributed by atoms with Crippen LogP contribution in [0.25, 0.3) is 21.9 Å². The van der Waals surface area contributed by atoms with E-state index in [1.807, 2.05) is 30.3 Å². The second kappa shape index (κ2) is 10.3. The van der Waals surface area contributed by atoms with E-state index < -0.39 is 11.5 Å². The summed E-state index contributed by atoms with van der Waals surface area (Å²) in [5, 5.41) is 0.739. The summed E-state index contributed by atoms with van der Waals surface area (Å²) in [6, 6.07) is 18.0. The van der Waals surface area contributed by atoms with Crippen LogP contribution < -0.4 is 30.3 Å². The first-order valence-electron chi connectivity index (χ1n) is 11.0. The van der Waals surface area contributed by atoms with Crippen LogP contribution in [-0.4, -0.2) is 39.1 Å². The fourth-order valence-corrected chi connectivity index (χ4v) is 4.04. The summed E-state index contributed by atoms with van der Waals surface area (Å²) >= 11 is 0. The fraction of sp³-hybridized carbons (Fsp3) is 0.185. The molecule has 4 aromatic rings. The van der Waals surface area contributed by atoms with Gasteiger partial charge in [-0.05, 0) is 46.8 Å². The van der Waals surface area contributed by atoms with Gasteiger partial charge in [0.05, 0.1) is 33.8 Å². The number of methoxy groups -OCH3 is 4. The molecular formula is C27H26N2O7. The minimum atomic E-state index is -0.773. The lowest BCUT2D eigenvalue weighted by Crippen LogP contribution is -2.33. The van der Waals surface area contributed by atoms with E-state index in [4.69, 9.17) is 29.5 Å². The number of benzene rings is 3. The van der Waals surface area contributed by atoms with Gasteiger partial charge in [-0.25, -0.2) is 9.47 Å². The molecule has 0 radical (unpaired) electrons. The van der Waals surface area contributed by atoms with E-state index in [1.54, 1.807) is 30.3 Å². The highest BCUT2D eigenvalue weighted by atomic mass is 16.5. The Labute approximate surface area is 207 Å². The lowest BCUT2D eigenvalue weighted by molar-refractivity contribution is 0.0590. The number of pyridine rings is 1. The summed E-state index contributed by atoms with van der Waals surface area (Å²) in [5.74, 6) is 6.97. The van der Waals surface area contributed by atoms with Crippen molar-refractivity contribution >= 4 is 16.7 Å². The van der Waals surface area contributed by atoms with Crippen LogP contribution in [0.1, 0.15) is 16.1 Å². The third kappa shape index (κ3) is 4.38. The van der Waals surface area contributed by atoms with Crippen molar-refractivity contribution in [3.8, 4) is 34.1 Å². The summed E-state index contributed by atoms with van der Waals surface area (Å²) < 4.78 is 28.0. The van der Waals surface area contributed by atoms with Gasteiger partial charge in [0.2, 0.25) is 5.75 Å². The van der Waals surface area contributed by atoms with E-state index in [0.29, 0.717) is 46.1 Å². The number of fused-ring (bicyclic) bond motifs is 1. The average molecular weight is 491 g/mol. The van der Waals surface area contributed by atoms with Gasteiger partial charge in [0.25, 0.3) is 5.56 Å². The molecule has 1 aromatic heterocycles. The van der Waals surface area contributed by atoms with Gasteiger partial charge in [0.15, 0.2) is 17.2 Å². The highest BCUT2D eigenvalue weighted by Crippen LogP contribution is 2.43. The Bertz CT molecular complexity index is 1450. The zero-order valence-electron chi connectivity index (χ0n) is 20.4. The Morgan fingerprint density at radius 3 is 2.11 bits per heavy atom. The Balaban J connectivity index is 1.96. The van der Waals surface area contributed by atoms with Crippen molar-refractivity contribution in [3.05, 3.63) is 82.3 Å². The number of nitrogens with two attached hydrogens (primary N) is 1. The molecule has 2 N–H and O–H groups in total. The molecule has 186 valence electrons. The van der Waals surface area contributed by atoms with E-state index in [1.165, 1.54) is 28.4 Å². The largest absolute Gasteiger partial charge is 0.493 e. The summed E-state index contributed by atoms with van der Waals surface area (Å²) in [5.41, 5.74) is 1.15. The van der Waals surface area contributed by atoms with Crippen LogP contribution in [-0.2, 0) is 11.3 Å². The minimum Gasteiger partial charge on any atom is -0.493 e. The number of hydrogen-bond donors (Lipinski definition) is 1. The molecule has 3 aromatic carbocycles. The molecule has 0 aliphatic rings. The number of ether oxygens (including phenoxy) is 5. The lowest BCUT2D eigenvalue weighted by Gasteiger charge is -2.19. The van der Waals surface area contributed by atoms with Crippen LogP contribution in [0.4, 0.5) is 0 Å². The average Bonchev–Trinajstić information content (AvgIpc) is 2.92. The van der Waals surface area contributed by atoms with Gasteiger partial charge in [-0.2, -0.15) is 0 Å². The molecule has 4 rings (SSSR count). The molecule has 0 aliphatic carbocycles. The summed E-state index contributed by atoms with van der Waals surface area (Å²) in [4.78, 5) is 26.0. The smallest absolute Gasteiger partial charge is 0.357 e. The second-order valence-corrected chi connectivity index (χ2v) is 7.79. The van der Waals surface area contributed by atoms with Crippen molar-refractivity contribution in [1.29, 1.82) is 0 Å². The van der Waals surface area contributed by atoms with Gasteiger partial charge < -0.3 is 29.5 Å². The molecule has 0 bridgehead atoms. The zero-order valence-corrected chi connectivity index (χ0v) is 20.4. The minimum absolute atomic E-state index is 0.123. The summed E-state index contributed by atoms with van der Waals surface area (Å²) in [7, 11) is 5.68. The first-order valence-corrected chi connectivity index (χ1v) is 11.0. The number of hydrogen-bond acceptors (Lipinski definition) is 8. The Morgan fingerprint density at radius 2 is 1.53 bits per heavy atom. The van der Waals surface area contributed by atoms with E-state index in [2.05, 4.69) is 0 Å². The molecular weight excluding hydrogens is 464 g/mol. The van der Waals surface area contributed by atoms with Crippen molar-refractivity contribution in [2.45, 2.75) is 6.61 Å². The fourth-order valence-electron chi connectivity index (χ4n) is 4.04. The van der Waals surface area contributed by atoms with E-state index >= 15 is 0 Å². The molecule has 0 saturated heterocycles. The molecule has 1 heterocycles. The molecule has 0 aliphatic heterocycles. The lowest BCUT2D eigenvalue weighted by atomic mass is 9.96. The predicted molar refractivity (Wildman–Crippen MR) is 136 cm³/mol. The quantitative estimate of drug-likeness (QED) is 0.294. The number of aromatic nitrogens is 1. The van der Waals surface area contributed by atoms with E-state index in [0.717, 1.165) is 10.2 Å². The number of rotatable bonds is 8. The normalized spacial score (nSPS) is 10.7. The maximum atomic E-state index is 13.2. The molecule has 0 amide bonds. The molecule has 9 nitrogen and oxygen atoms in total. The Hall–Kier alpha value is -4.66. The van der Waals surface area contributed by atoms with Crippen molar-refractivity contribution in [1.82, 2.24) is 4.68 Å². The number of esters is 1. The first-order chi connectivity index (χ1) is 17.4. The zero-order chi connectivity index (χ0) is 25.8. The van der Waals surface area contributed by atoms with Crippen molar-refractivity contribution in [3.63, 3.8) is 0 Å². The van der Waals surface area contributed by atoms with Gasteiger partial charge in [0.1, 0.15) is 12.4 Å². The standard InChI is InChI=1S/C27H26N2O7/c1-32-21-12-17(13-22(33-2)25(21)34-3)23-19-11-10-18(36-15-16-8-6-5-7-9-16)14-20(19)26(30)29(28)24(23)27(31)35-4/h5-14H,15,28H2,1-4H3. The van der Waals surface area contributed by atoms with Gasteiger partial charge in [-0.1, -0.05) is 30.3 Å². The van der Waals surface area contributed by atoms with Crippen LogP contribution >= 0.6 is 0 Å². The Kier molecular flexibility index (Phi) is 7.00. The van der Waals surface area contributed by atoms with E-state index in [9.17, 15) is 9.59 Å². The van der Waals surface area contributed by atoms with E-state index in [-0.39, 0.29) is 11.1 Å². The van der Waals surface area contributed by atoms with Crippen LogP contribution in [0.5, 0.6) is 23.0 Å². The van der Waals surface area contributed by atoms with Gasteiger partial charge in [-0.3, -0.25) is 4.79 Å². The van der Waals surface area contributed by atoms with Crippen molar-refractivity contribution in [2.24, 2.45) is 0 Å². The molecule has 36 heavy (non-hydrogen) atoms. The maximum absolute atomic E-state index is 13.2. The topological polar surface area (TPSA) is 111 Å². The van der Waals surface area contributed by atoms with Gasteiger partial charge in [-0.15, -0.1) is 0 Å². The Morgan fingerprint density at radius 1 is 0.861 bits per heavy atom. The van der Waals surface area contributed by atoms with Crippen molar-refractivity contribution < 1.29 is 28.5 Å². The molecule has 0 fully saturated rings. The third-order valence-corrected chi connectivity index (χ3v) is 5.77. The van der Waals surface area contributed by atoms with Crippen LogP contribution in [0, 0.1) is 0 Å². The monoisotopic (exact) mass is 490 g/mol. The third-order valence-electron chi connectivity index (χ3n) is 5.77. The van der Waals surface area contributed by atoms with Crippen LogP contribution in [0.3, 0.4) is 0 Å². The highest BCUT2D eigenvalue weighted by molar-refractivity contribution is 6.07. The van der Waals surface area contributed by atoms with Crippen LogP contribution in [0.2, 0.25) is 0 Å². The molecule has 0 atom stereocenters. The molecule has 9 heteroatoms. The molecule has 0 saturated carbocycles. The van der Waals surface area contributed by atoms with Gasteiger partial charge in [0, 0.05) is 5.56 Å². The van der Waals surface area contributed by atoms with Crippen LogP contribution in [0.15, 0.2) is 65.5 Å². The number of carbonyl (C=O) groups is 1. The summed E-state index contributed by atoms with van der Waals surface area (Å²) in [6.45, 7) is 0.323. The van der Waals surface area contributed by atoms with Crippen molar-refractivity contribution in [2.75, 3.05) is 34.3 Å². The number of carbonyl (C=O) groups excluding carboxylic acids is 1. The summed E-state index contributed by atoms with van der Waals surface area (Å²) in [6.07, 6.45) is 0.